The molecule has 0 atom stereocenters. The smallest absolute Gasteiger partial charge is 0.475 e. The molecule has 2 aliphatic rings. The van der Waals surface area contributed by atoms with Crippen molar-refractivity contribution in [1.82, 2.24) is 18.8 Å². The summed E-state index contributed by atoms with van der Waals surface area (Å²) in [5, 5.41) is 6.99. The van der Waals surface area contributed by atoms with Gasteiger partial charge in [-0.15, -0.1) is 0 Å². The monoisotopic (exact) mass is 549 g/mol. The summed E-state index contributed by atoms with van der Waals surface area (Å²) < 4.78 is 66.0. The number of halogens is 3. The Morgan fingerprint density at radius 2 is 1.84 bits per heavy atom. The van der Waals surface area contributed by atoms with E-state index in [4.69, 9.17) is 19.6 Å². The number of hydrogen-bond acceptors (Lipinski definition) is 7. The third-order valence-corrected chi connectivity index (χ3v) is 8.93. The Bertz CT molecular complexity index is 1190. The standard InChI is InChI=1S/C21H33N5O3S.C2HF3O2/c1-15(2)26-14-22-20-19(26)13-18(23-21(20)24(3)11-12-29-4)16-7-9-25(10-8-16)30(27,28)17-5-6-17;3-2(4,5)1(6)7/h13-17H,5-12H2,1-4H3;(H,6,7). The molecule has 0 amide bonds. The minimum absolute atomic E-state index is 0.134. The fourth-order valence-electron chi connectivity index (χ4n) is 4.24. The molecule has 37 heavy (non-hydrogen) atoms. The molecule has 0 spiro atoms. The van der Waals surface area contributed by atoms with E-state index >= 15 is 0 Å². The second-order valence-electron chi connectivity index (χ2n) is 9.62. The number of methoxy groups -OCH3 is 1. The summed E-state index contributed by atoms with van der Waals surface area (Å²) in [7, 11) is 0.623. The molecule has 4 rings (SSSR count). The maximum Gasteiger partial charge on any atom is 0.490 e. The lowest BCUT2D eigenvalue weighted by atomic mass is 9.94. The van der Waals surface area contributed by atoms with Gasteiger partial charge in [0.1, 0.15) is 5.52 Å². The quantitative estimate of drug-likeness (QED) is 0.533. The van der Waals surface area contributed by atoms with Gasteiger partial charge in [0.25, 0.3) is 0 Å². The molecule has 3 heterocycles. The zero-order valence-electron chi connectivity index (χ0n) is 21.4. The van der Waals surface area contributed by atoms with Crippen molar-refractivity contribution in [2.75, 3.05) is 45.3 Å². The maximum absolute atomic E-state index is 12.6. The number of carboxylic acid groups (broad SMARTS) is 1. The number of likely N-dealkylation sites (N-methyl/N-ethyl adjacent to an activating group) is 1. The number of aliphatic carboxylic acids is 1. The number of anilines is 1. The summed E-state index contributed by atoms with van der Waals surface area (Å²) in [5.74, 6) is -1.63. The van der Waals surface area contributed by atoms with Gasteiger partial charge in [0.15, 0.2) is 5.82 Å². The average molecular weight is 550 g/mol. The number of pyridine rings is 1. The van der Waals surface area contributed by atoms with E-state index in [0.717, 1.165) is 54.8 Å². The van der Waals surface area contributed by atoms with Gasteiger partial charge < -0.3 is 19.3 Å². The van der Waals surface area contributed by atoms with Crippen LogP contribution in [0, 0.1) is 0 Å². The van der Waals surface area contributed by atoms with E-state index in [0.29, 0.717) is 25.7 Å². The molecule has 2 fully saturated rings. The highest BCUT2D eigenvalue weighted by Crippen LogP contribution is 2.37. The third kappa shape index (κ3) is 6.90. The minimum Gasteiger partial charge on any atom is -0.475 e. The summed E-state index contributed by atoms with van der Waals surface area (Å²) in [5.41, 5.74) is 3.02. The molecule has 0 bridgehead atoms. The van der Waals surface area contributed by atoms with Gasteiger partial charge in [-0.2, -0.15) is 13.2 Å². The summed E-state index contributed by atoms with van der Waals surface area (Å²) >= 11 is 0. The van der Waals surface area contributed by atoms with Crippen LogP contribution >= 0.6 is 0 Å². The number of fused-ring (bicyclic) bond motifs is 1. The molecule has 0 aromatic carbocycles. The number of imidazole rings is 1. The predicted octanol–water partition coefficient (Wildman–Crippen LogP) is 3.40. The van der Waals surface area contributed by atoms with Crippen LogP contribution < -0.4 is 4.90 Å². The molecule has 1 saturated carbocycles. The van der Waals surface area contributed by atoms with Crippen LogP contribution in [0.15, 0.2) is 12.4 Å². The number of ether oxygens (including phenoxy) is 1. The molecule has 2 aromatic rings. The molecule has 10 nitrogen and oxygen atoms in total. The maximum atomic E-state index is 12.6. The van der Waals surface area contributed by atoms with Crippen molar-refractivity contribution in [3.05, 3.63) is 18.1 Å². The van der Waals surface area contributed by atoms with Crippen LogP contribution in [0.2, 0.25) is 0 Å². The Hall–Kier alpha value is -2.45. The lowest BCUT2D eigenvalue weighted by molar-refractivity contribution is -0.192. The Morgan fingerprint density at radius 1 is 1.24 bits per heavy atom. The van der Waals surface area contributed by atoms with Crippen molar-refractivity contribution in [2.24, 2.45) is 0 Å². The first-order valence-corrected chi connectivity index (χ1v) is 13.6. The molecular weight excluding hydrogens is 515 g/mol. The van der Waals surface area contributed by atoms with Crippen molar-refractivity contribution >= 4 is 32.8 Å². The highest BCUT2D eigenvalue weighted by atomic mass is 32.2. The summed E-state index contributed by atoms with van der Waals surface area (Å²) in [6.07, 6.45) is 0.0515. The molecule has 14 heteroatoms. The Kier molecular flexibility index (Phi) is 9.06. The van der Waals surface area contributed by atoms with Gasteiger partial charge in [0, 0.05) is 51.4 Å². The zero-order chi connectivity index (χ0) is 27.5. The van der Waals surface area contributed by atoms with Crippen LogP contribution in [0.1, 0.15) is 57.2 Å². The second kappa shape index (κ2) is 11.5. The molecule has 0 unspecified atom stereocenters. The number of alkyl halides is 3. The van der Waals surface area contributed by atoms with Gasteiger partial charge in [-0.25, -0.2) is 27.5 Å². The van der Waals surface area contributed by atoms with Gasteiger partial charge in [-0.1, -0.05) is 0 Å². The number of carboxylic acids is 1. The van der Waals surface area contributed by atoms with Crippen molar-refractivity contribution in [3.63, 3.8) is 0 Å². The number of piperidine rings is 1. The van der Waals surface area contributed by atoms with Crippen LogP contribution in [0.25, 0.3) is 11.0 Å². The Balaban J connectivity index is 0.000000479. The molecule has 1 N–H and O–H groups in total. The molecule has 1 aliphatic heterocycles. The number of hydrogen-bond donors (Lipinski definition) is 1. The summed E-state index contributed by atoms with van der Waals surface area (Å²) in [6, 6.07) is 2.46. The van der Waals surface area contributed by atoms with E-state index in [-0.39, 0.29) is 11.2 Å². The number of rotatable bonds is 8. The fraction of sp³-hybridized carbons (Fsp3) is 0.696. The highest BCUT2D eigenvalue weighted by molar-refractivity contribution is 7.90. The topological polar surface area (TPSA) is 118 Å². The predicted molar refractivity (Wildman–Crippen MR) is 132 cm³/mol. The van der Waals surface area contributed by atoms with Gasteiger partial charge in [0.05, 0.1) is 23.7 Å². The number of sulfonamides is 1. The molecule has 0 radical (unpaired) electrons. The molecule has 2 aromatic heterocycles. The van der Waals surface area contributed by atoms with Crippen molar-refractivity contribution < 1.29 is 36.2 Å². The first-order chi connectivity index (χ1) is 17.3. The molecular formula is C23H34F3N5O5S. The first kappa shape index (κ1) is 29.1. The third-order valence-electron chi connectivity index (χ3n) is 6.53. The van der Waals surface area contributed by atoms with E-state index in [1.165, 1.54) is 0 Å². The van der Waals surface area contributed by atoms with Gasteiger partial charge in [-0.3, -0.25) is 0 Å². The normalized spacial score (nSPS) is 17.6. The van der Waals surface area contributed by atoms with Crippen molar-refractivity contribution in [1.29, 1.82) is 0 Å². The average Bonchev–Trinajstić information content (AvgIpc) is 3.61. The molecule has 1 saturated heterocycles. The van der Waals surface area contributed by atoms with Gasteiger partial charge in [0.2, 0.25) is 10.0 Å². The van der Waals surface area contributed by atoms with Crippen LogP contribution in [-0.2, 0) is 19.6 Å². The Labute approximate surface area is 214 Å². The van der Waals surface area contributed by atoms with Gasteiger partial charge >= 0.3 is 12.1 Å². The minimum atomic E-state index is -5.08. The van der Waals surface area contributed by atoms with E-state index in [2.05, 4.69) is 34.4 Å². The van der Waals surface area contributed by atoms with E-state index in [9.17, 15) is 21.6 Å². The van der Waals surface area contributed by atoms with E-state index in [1.807, 2.05) is 13.4 Å². The highest BCUT2D eigenvalue weighted by Gasteiger charge is 2.41. The summed E-state index contributed by atoms with van der Waals surface area (Å²) in [4.78, 5) is 20.7. The fourth-order valence-corrected chi connectivity index (χ4v) is 6.11. The molecule has 1 aliphatic carbocycles. The van der Waals surface area contributed by atoms with Crippen molar-refractivity contribution in [2.45, 2.75) is 62.9 Å². The second-order valence-corrected chi connectivity index (χ2v) is 11.8. The first-order valence-electron chi connectivity index (χ1n) is 12.1. The van der Waals surface area contributed by atoms with E-state index < -0.39 is 22.2 Å². The molecule has 208 valence electrons. The van der Waals surface area contributed by atoms with Crippen LogP contribution in [-0.4, -0.2) is 90.2 Å². The van der Waals surface area contributed by atoms with E-state index in [1.54, 1.807) is 11.4 Å². The number of aromatic nitrogens is 3. The summed E-state index contributed by atoms with van der Waals surface area (Å²) in [6.45, 7) is 6.82. The number of carbonyl (C=O) groups is 1. The Morgan fingerprint density at radius 3 is 2.32 bits per heavy atom. The van der Waals surface area contributed by atoms with Gasteiger partial charge in [-0.05, 0) is 45.6 Å². The van der Waals surface area contributed by atoms with Crippen LogP contribution in [0.5, 0.6) is 0 Å². The van der Waals surface area contributed by atoms with Crippen molar-refractivity contribution in [3.8, 4) is 0 Å². The van der Waals surface area contributed by atoms with Crippen LogP contribution in [0.3, 0.4) is 0 Å². The number of nitrogens with zero attached hydrogens (tertiary/aromatic N) is 5. The lowest BCUT2D eigenvalue weighted by Crippen LogP contribution is -2.39. The largest absolute Gasteiger partial charge is 0.490 e. The zero-order valence-corrected chi connectivity index (χ0v) is 22.2. The SMILES string of the molecule is COCCN(C)c1nc(C2CCN(S(=O)(=O)C3CC3)CC2)cc2c1ncn2C(C)C.O=C(O)C(F)(F)F. The lowest BCUT2D eigenvalue weighted by Gasteiger charge is -2.31. The van der Waals surface area contributed by atoms with Crippen LogP contribution in [0.4, 0.5) is 19.0 Å².